The molecule has 1 aromatic carbocycles. The van der Waals surface area contributed by atoms with Gasteiger partial charge in [0.1, 0.15) is 0 Å². The molecule has 7 heteroatoms. The summed E-state index contributed by atoms with van der Waals surface area (Å²) in [6.45, 7) is 4.35. The van der Waals surface area contributed by atoms with Crippen LogP contribution in [-0.4, -0.2) is 33.4 Å². The molecule has 1 aromatic rings. The second kappa shape index (κ2) is 5.70. The fourth-order valence-corrected chi connectivity index (χ4v) is 3.71. The number of ether oxygens (including phenoxy) is 1. The van der Waals surface area contributed by atoms with Crippen molar-refractivity contribution in [2.75, 3.05) is 28.5 Å². The van der Waals surface area contributed by atoms with Gasteiger partial charge in [-0.05, 0) is 44.0 Å². The molecule has 0 radical (unpaired) electrons. The van der Waals surface area contributed by atoms with Gasteiger partial charge in [0.25, 0.3) is 0 Å². The van der Waals surface area contributed by atoms with Crippen LogP contribution in [0.1, 0.15) is 18.9 Å². The highest BCUT2D eigenvalue weighted by Gasteiger charge is 2.28. The third kappa shape index (κ3) is 3.04. The lowest BCUT2D eigenvalue weighted by molar-refractivity contribution is 0.168. The van der Waals surface area contributed by atoms with Gasteiger partial charge >= 0.3 is 6.09 Å². The average molecular weight is 298 g/mol. The van der Waals surface area contributed by atoms with Gasteiger partial charge in [-0.1, -0.05) is 0 Å². The molecule has 1 amide bonds. The molecule has 0 spiro atoms. The molecule has 2 rings (SSSR count). The van der Waals surface area contributed by atoms with Gasteiger partial charge in [-0.15, -0.1) is 0 Å². The maximum Gasteiger partial charge on any atom is 0.411 e. The Balaban J connectivity index is 2.20. The summed E-state index contributed by atoms with van der Waals surface area (Å²) in [6.07, 6.45) is 0.127. The van der Waals surface area contributed by atoms with Crippen LogP contribution in [0.4, 0.5) is 16.2 Å². The number of benzene rings is 1. The molecule has 1 saturated heterocycles. The predicted molar refractivity (Wildman–Crippen MR) is 77.6 cm³/mol. The number of aryl methyl sites for hydroxylation is 1. The Bertz CT molecular complexity index is 613. The first-order valence-corrected chi connectivity index (χ1v) is 8.10. The van der Waals surface area contributed by atoms with Gasteiger partial charge in [-0.2, -0.15) is 0 Å². The summed E-state index contributed by atoms with van der Waals surface area (Å²) in [6, 6.07) is 5.14. The van der Waals surface area contributed by atoms with Crippen molar-refractivity contribution in [1.29, 1.82) is 0 Å². The lowest BCUT2D eigenvalue weighted by Crippen LogP contribution is -2.25. The molecule has 1 fully saturated rings. The lowest BCUT2D eigenvalue weighted by Gasteiger charge is -2.18. The van der Waals surface area contributed by atoms with Gasteiger partial charge in [-0.3, -0.25) is 9.62 Å². The Labute approximate surface area is 118 Å². The molecule has 0 atom stereocenters. The topological polar surface area (TPSA) is 75.7 Å². The molecular weight excluding hydrogens is 280 g/mol. The van der Waals surface area contributed by atoms with E-state index in [1.807, 2.05) is 6.92 Å². The van der Waals surface area contributed by atoms with E-state index in [2.05, 4.69) is 5.32 Å². The zero-order chi connectivity index (χ0) is 14.8. The Morgan fingerprint density at radius 2 is 2.20 bits per heavy atom. The minimum Gasteiger partial charge on any atom is -0.450 e. The summed E-state index contributed by atoms with van der Waals surface area (Å²) in [5.74, 6) is 0.189. The highest BCUT2D eigenvalue weighted by molar-refractivity contribution is 7.93. The third-order valence-electron chi connectivity index (χ3n) is 3.11. The molecule has 0 aliphatic carbocycles. The normalized spacial score (nSPS) is 17.0. The van der Waals surface area contributed by atoms with Crippen molar-refractivity contribution in [2.45, 2.75) is 20.3 Å². The van der Waals surface area contributed by atoms with E-state index in [9.17, 15) is 13.2 Å². The van der Waals surface area contributed by atoms with Crippen molar-refractivity contribution in [3.63, 3.8) is 0 Å². The smallest absolute Gasteiger partial charge is 0.411 e. The van der Waals surface area contributed by atoms with Crippen molar-refractivity contribution in [2.24, 2.45) is 0 Å². The highest BCUT2D eigenvalue weighted by atomic mass is 32.2. The lowest BCUT2D eigenvalue weighted by atomic mass is 10.2. The summed E-state index contributed by atoms with van der Waals surface area (Å²) in [5, 5.41) is 2.62. The minimum atomic E-state index is -3.18. The zero-order valence-electron chi connectivity index (χ0n) is 11.5. The number of hydrogen-bond acceptors (Lipinski definition) is 4. The summed E-state index contributed by atoms with van der Waals surface area (Å²) in [5.41, 5.74) is 2.04. The first kappa shape index (κ1) is 14.6. The first-order chi connectivity index (χ1) is 9.44. The zero-order valence-corrected chi connectivity index (χ0v) is 12.4. The van der Waals surface area contributed by atoms with Crippen LogP contribution >= 0.6 is 0 Å². The second-order valence-corrected chi connectivity index (χ2v) is 6.60. The molecule has 1 aliphatic rings. The largest absolute Gasteiger partial charge is 0.450 e. The van der Waals surface area contributed by atoms with Crippen LogP contribution in [-0.2, 0) is 14.8 Å². The fourth-order valence-electron chi connectivity index (χ4n) is 2.15. The van der Waals surface area contributed by atoms with Crippen molar-refractivity contribution in [3.05, 3.63) is 23.8 Å². The van der Waals surface area contributed by atoms with Crippen LogP contribution in [0.2, 0.25) is 0 Å². The van der Waals surface area contributed by atoms with E-state index in [0.29, 0.717) is 30.9 Å². The quantitative estimate of drug-likeness (QED) is 0.927. The van der Waals surface area contributed by atoms with E-state index >= 15 is 0 Å². The number of carbonyl (C=O) groups excluding carboxylic acids is 1. The Kier molecular flexibility index (Phi) is 4.17. The van der Waals surface area contributed by atoms with Gasteiger partial charge in [0, 0.05) is 12.2 Å². The molecule has 20 heavy (non-hydrogen) atoms. The molecule has 110 valence electrons. The maximum absolute atomic E-state index is 11.9. The molecular formula is C13H18N2O4S. The minimum absolute atomic E-state index is 0.189. The number of amides is 1. The van der Waals surface area contributed by atoms with Crippen molar-refractivity contribution in [1.82, 2.24) is 0 Å². The van der Waals surface area contributed by atoms with Gasteiger partial charge in [-0.25, -0.2) is 13.2 Å². The summed E-state index contributed by atoms with van der Waals surface area (Å²) in [7, 11) is -3.18. The third-order valence-corrected chi connectivity index (χ3v) is 4.98. The number of nitrogens with one attached hydrogen (secondary N) is 1. The van der Waals surface area contributed by atoms with Crippen molar-refractivity contribution < 1.29 is 17.9 Å². The molecule has 1 N–H and O–H groups in total. The number of rotatable bonds is 3. The number of hydrogen-bond donors (Lipinski definition) is 1. The van der Waals surface area contributed by atoms with Gasteiger partial charge in [0.05, 0.1) is 18.0 Å². The molecule has 6 nitrogen and oxygen atoms in total. The summed E-state index contributed by atoms with van der Waals surface area (Å²) in [4.78, 5) is 11.4. The molecule has 1 aliphatic heterocycles. The highest BCUT2D eigenvalue weighted by Crippen LogP contribution is 2.27. The average Bonchev–Trinajstić information content (AvgIpc) is 2.72. The van der Waals surface area contributed by atoms with E-state index < -0.39 is 16.1 Å². The Morgan fingerprint density at radius 1 is 1.45 bits per heavy atom. The Morgan fingerprint density at radius 3 is 2.75 bits per heavy atom. The number of anilines is 2. The monoisotopic (exact) mass is 298 g/mol. The summed E-state index contributed by atoms with van der Waals surface area (Å²) < 4.78 is 29.9. The summed E-state index contributed by atoms with van der Waals surface area (Å²) >= 11 is 0. The van der Waals surface area contributed by atoms with Crippen LogP contribution in [0.5, 0.6) is 0 Å². The molecule has 1 heterocycles. The van der Waals surface area contributed by atoms with E-state index in [0.717, 1.165) is 5.56 Å². The van der Waals surface area contributed by atoms with Gasteiger partial charge < -0.3 is 4.74 Å². The SMILES string of the molecule is CCOC(=O)Nc1ccc(N2CCCS2(=O)=O)cc1C. The molecule has 0 saturated carbocycles. The van der Waals surface area contributed by atoms with Crippen molar-refractivity contribution in [3.8, 4) is 0 Å². The molecule has 0 bridgehead atoms. The van der Waals surface area contributed by atoms with E-state index in [-0.39, 0.29) is 5.75 Å². The van der Waals surface area contributed by atoms with E-state index in [1.165, 1.54) is 4.31 Å². The van der Waals surface area contributed by atoms with Crippen LogP contribution in [0.25, 0.3) is 0 Å². The number of carbonyl (C=O) groups is 1. The molecule has 0 unspecified atom stereocenters. The molecule has 0 aromatic heterocycles. The van der Waals surface area contributed by atoms with Gasteiger partial charge in [0.2, 0.25) is 10.0 Å². The van der Waals surface area contributed by atoms with Crippen LogP contribution in [0, 0.1) is 6.92 Å². The van der Waals surface area contributed by atoms with Gasteiger partial charge in [0.15, 0.2) is 0 Å². The fraction of sp³-hybridized carbons (Fsp3) is 0.462. The predicted octanol–water partition coefficient (Wildman–Crippen LogP) is 2.10. The van der Waals surface area contributed by atoms with Crippen LogP contribution in [0.15, 0.2) is 18.2 Å². The standard InChI is InChI=1S/C13H18N2O4S/c1-3-19-13(16)14-12-6-5-11(9-10(12)2)15-7-4-8-20(15,17)18/h5-6,9H,3-4,7-8H2,1-2H3,(H,14,16). The number of nitrogens with zero attached hydrogens (tertiary/aromatic N) is 1. The van der Waals surface area contributed by atoms with Crippen LogP contribution in [0.3, 0.4) is 0 Å². The second-order valence-electron chi connectivity index (χ2n) is 4.59. The van der Waals surface area contributed by atoms with E-state index in [1.54, 1.807) is 25.1 Å². The Hall–Kier alpha value is -1.76. The van der Waals surface area contributed by atoms with E-state index in [4.69, 9.17) is 4.74 Å². The van der Waals surface area contributed by atoms with Crippen LogP contribution < -0.4 is 9.62 Å². The maximum atomic E-state index is 11.9. The number of sulfonamides is 1. The van der Waals surface area contributed by atoms with Crippen molar-refractivity contribution >= 4 is 27.5 Å². The first-order valence-electron chi connectivity index (χ1n) is 6.49.